The SMILES string of the molecule is Cl.Clc1cc(-c2ccccc2)c2ccccc2n1. The topological polar surface area (TPSA) is 12.9 Å². The summed E-state index contributed by atoms with van der Waals surface area (Å²) in [5.74, 6) is 0. The molecule has 0 saturated carbocycles. The largest absolute Gasteiger partial charge is 0.236 e. The molecule has 0 saturated heterocycles. The lowest BCUT2D eigenvalue weighted by atomic mass is 10.0. The number of halogens is 2. The fourth-order valence-electron chi connectivity index (χ4n) is 2.00. The summed E-state index contributed by atoms with van der Waals surface area (Å²) in [5, 5.41) is 1.66. The third kappa shape index (κ3) is 2.33. The molecule has 0 radical (unpaired) electrons. The second-order valence-electron chi connectivity index (χ2n) is 3.88. The maximum absolute atomic E-state index is 6.06. The van der Waals surface area contributed by atoms with Gasteiger partial charge in [0.25, 0.3) is 0 Å². The van der Waals surface area contributed by atoms with Gasteiger partial charge in [0.1, 0.15) is 5.15 Å². The zero-order valence-corrected chi connectivity index (χ0v) is 11.1. The molecule has 0 spiro atoms. The minimum absolute atomic E-state index is 0. The highest BCUT2D eigenvalue weighted by Gasteiger charge is 2.05. The summed E-state index contributed by atoms with van der Waals surface area (Å²) in [6.07, 6.45) is 0. The Bertz CT molecular complexity index is 666. The number of benzene rings is 2. The van der Waals surface area contributed by atoms with Crippen LogP contribution in [0.25, 0.3) is 22.0 Å². The van der Waals surface area contributed by atoms with E-state index in [9.17, 15) is 0 Å². The van der Waals surface area contributed by atoms with Crippen LogP contribution < -0.4 is 0 Å². The number of rotatable bonds is 1. The van der Waals surface area contributed by atoms with Crippen molar-refractivity contribution in [3.63, 3.8) is 0 Å². The number of nitrogens with zero attached hydrogens (tertiary/aromatic N) is 1. The summed E-state index contributed by atoms with van der Waals surface area (Å²) in [7, 11) is 0. The van der Waals surface area contributed by atoms with Crippen molar-refractivity contribution in [3.8, 4) is 11.1 Å². The maximum atomic E-state index is 6.06. The smallest absolute Gasteiger partial charge is 0.130 e. The van der Waals surface area contributed by atoms with Gasteiger partial charge < -0.3 is 0 Å². The molecule has 90 valence electrons. The molecule has 0 atom stereocenters. The average Bonchev–Trinajstić information content (AvgIpc) is 2.39. The minimum atomic E-state index is 0. The quantitative estimate of drug-likeness (QED) is 0.571. The van der Waals surface area contributed by atoms with Crippen LogP contribution in [0.4, 0.5) is 0 Å². The summed E-state index contributed by atoms with van der Waals surface area (Å²) >= 11 is 6.06. The molecular formula is C15H11Cl2N. The van der Waals surface area contributed by atoms with Gasteiger partial charge in [-0.05, 0) is 23.3 Å². The first-order chi connectivity index (χ1) is 8.34. The molecule has 1 heterocycles. The highest BCUT2D eigenvalue weighted by molar-refractivity contribution is 6.30. The summed E-state index contributed by atoms with van der Waals surface area (Å²) in [6.45, 7) is 0. The van der Waals surface area contributed by atoms with Gasteiger partial charge in [0.15, 0.2) is 0 Å². The van der Waals surface area contributed by atoms with Crippen LogP contribution in [0.5, 0.6) is 0 Å². The molecule has 0 bridgehead atoms. The van der Waals surface area contributed by atoms with E-state index >= 15 is 0 Å². The van der Waals surface area contributed by atoms with E-state index in [-0.39, 0.29) is 12.4 Å². The van der Waals surface area contributed by atoms with Gasteiger partial charge in [-0.1, -0.05) is 60.1 Å². The molecule has 0 fully saturated rings. The van der Waals surface area contributed by atoms with Crippen LogP contribution >= 0.6 is 24.0 Å². The van der Waals surface area contributed by atoms with E-state index < -0.39 is 0 Å². The zero-order chi connectivity index (χ0) is 11.7. The molecule has 1 nitrogen and oxygen atoms in total. The number of fused-ring (bicyclic) bond motifs is 1. The first kappa shape index (κ1) is 12.9. The van der Waals surface area contributed by atoms with Gasteiger partial charge in [0.2, 0.25) is 0 Å². The Morgan fingerprint density at radius 2 is 1.50 bits per heavy atom. The minimum Gasteiger partial charge on any atom is -0.236 e. The van der Waals surface area contributed by atoms with Crippen molar-refractivity contribution in [2.45, 2.75) is 0 Å². The van der Waals surface area contributed by atoms with Crippen LogP contribution in [0.3, 0.4) is 0 Å². The number of hydrogen-bond donors (Lipinski definition) is 0. The molecule has 0 unspecified atom stereocenters. The van der Waals surface area contributed by atoms with Crippen molar-refractivity contribution in [1.82, 2.24) is 4.98 Å². The Balaban J connectivity index is 0.00000120. The Morgan fingerprint density at radius 1 is 0.833 bits per heavy atom. The van der Waals surface area contributed by atoms with E-state index in [1.165, 1.54) is 0 Å². The molecule has 18 heavy (non-hydrogen) atoms. The Morgan fingerprint density at radius 3 is 2.28 bits per heavy atom. The summed E-state index contributed by atoms with van der Waals surface area (Å²) in [6, 6.07) is 20.2. The van der Waals surface area contributed by atoms with E-state index in [0.717, 1.165) is 22.0 Å². The predicted molar refractivity (Wildman–Crippen MR) is 79.4 cm³/mol. The van der Waals surface area contributed by atoms with E-state index in [4.69, 9.17) is 11.6 Å². The predicted octanol–water partition coefficient (Wildman–Crippen LogP) is 4.98. The molecule has 0 aliphatic heterocycles. The van der Waals surface area contributed by atoms with Gasteiger partial charge in [-0.2, -0.15) is 0 Å². The van der Waals surface area contributed by atoms with Gasteiger partial charge in [-0.15, -0.1) is 12.4 Å². The van der Waals surface area contributed by atoms with Crippen LogP contribution in [0.1, 0.15) is 0 Å². The molecule has 0 aliphatic rings. The lowest BCUT2D eigenvalue weighted by Gasteiger charge is -2.06. The van der Waals surface area contributed by atoms with Crippen molar-refractivity contribution in [2.24, 2.45) is 0 Å². The van der Waals surface area contributed by atoms with Crippen LogP contribution in [0.15, 0.2) is 60.7 Å². The Hall–Kier alpha value is -1.57. The van der Waals surface area contributed by atoms with Gasteiger partial charge in [0.05, 0.1) is 5.52 Å². The van der Waals surface area contributed by atoms with Crippen molar-refractivity contribution >= 4 is 34.9 Å². The summed E-state index contributed by atoms with van der Waals surface area (Å²) in [4.78, 5) is 4.33. The fourth-order valence-corrected chi connectivity index (χ4v) is 2.20. The van der Waals surface area contributed by atoms with Crippen LogP contribution in [-0.2, 0) is 0 Å². The van der Waals surface area contributed by atoms with E-state index in [2.05, 4.69) is 23.2 Å². The third-order valence-corrected chi connectivity index (χ3v) is 2.96. The zero-order valence-electron chi connectivity index (χ0n) is 9.51. The molecule has 3 heteroatoms. The fraction of sp³-hybridized carbons (Fsp3) is 0. The highest BCUT2D eigenvalue weighted by Crippen LogP contribution is 2.29. The van der Waals surface area contributed by atoms with Crippen molar-refractivity contribution in [3.05, 3.63) is 65.8 Å². The summed E-state index contributed by atoms with van der Waals surface area (Å²) in [5.41, 5.74) is 3.22. The molecule has 0 amide bonds. The molecule has 2 aromatic carbocycles. The average molecular weight is 276 g/mol. The monoisotopic (exact) mass is 275 g/mol. The molecule has 1 aromatic heterocycles. The van der Waals surface area contributed by atoms with Gasteiger partial charge >= 0.3 is 0 Å². The van der Waals surface area contributed by atoms with Gasteiger partial charge in [-0.25, -0.2) is 4.98 Å². The number of aromatic nitrogens is 1. The number of pyridine rings is 1. The van der Waals surface area contributed by atoms with E-state index in [0.29, 0.717) is 5.15 Å². The Kier molecular flexibility index (Phi) is 3.85. The molecule has 0 aliphatic carbocycles. The normalized spacial score (nSPS) is 10.1. The number of hydrogen-bond acceptors (Lipinski definition) is 1. The van der Waals surface area contributed by atoms with Crippen molar-refractivity contribution in [1.29, 1.82) is 0 Å². The van der Waals surface area contributed by atoms with E-state index in [1.54, 1.807) is 0 Å². The van der Waals surface area contributed by atoms with Crippen molar-refractivity contribution in [2.75, 3.05) is 0 Å². The first-order valence-corrected chi connectivity index (χ1v) is 5.83. The molecular weight excluding hydrogens is 265 g/mol. The highest BCUT2D eigenvalue weighted by atomic mass is 35.5. The maximum Gasteiger partial charge on any atom is 0.130 e. The molecule has 3 rings (SSSR count). The summed E-state index contributed by atoms with van der Waals surface area (Å²) < 4.78 is 0. The lowest BCUT2D eigenvalue weighted by Crippen LogP contribution is -1.85. The van der Waals surface area contributed by atoms with Crippen molar-refractivity contribution < 1.29 is 0 Å². The standard InChI is InChI=1S/C15H10ClN.ClH/c16-15-10-13(11-6-2-1-3-7-11)12-8-4-5-9-14(12)17-15;/h1-10H;1H. The number of para-hydroxylation sites is 1. The van der Waals surface area contributed by atoms with Gasteiger partial charge in [0, 0.05) is 5.39 Å². The van der Waals surface area contributed by atoms with E-state index in [1.807, 2.05) is 42.5 Å². The molecule has 3 aromatic rings. The molecule has 0 N–H and O–H groups in total. The third-order valence-electron chi connectivity index (χ3n) is 2.77. The van der Waals surface area contributed by atoms with Crippen LogP contribution in [0, 0.1) is 0 Å². The second-order valence-corrected chi connectivity index (χ2v) is 4.26. The van der Waals surface area contributed by atoms with Gasteiger partial charge in [-0.3, -0.25) is 0 Å². The lowest BCUT2D eigenvalue weighted by molar-refractivity contribution is 1.41. The second kappa shape index (κ2) is 5.38. The first-order valence-electron chi connectivity index (χ1n) is 5.45. The van der Waals surface area contributed by atoms with Crippen LogP contribution in [-0.4, -0.2) is 4.98 Å². The Labute approximate surface area is 117 Å². The van der Waals surface area contributed by atoms with Crippen LogP contribution in [0.2, 0.25) is 5.15 Å².